The molecule has 2 N–H and O–H groups in total. The fraction of sp³-hybridized carbons (Fsp3) is 0.923. The Bertz CT molecular complexity index is 242. The van der Waals surface area contributed by atoms with Crippen LogP contribution in [0.15, 0.2) is 0 Å². The van der Waals surface area contributed by atoms with E-state index in [1.165, 1.54) is 38.5 Å². The molecule has 1 saturated carbocycles. The van der Waals surface area contributed by atoms with Crippen molar-refractivity contribution in [3.63, 3.8) is 0 Å². The minimum atomic E-state index is 0. The van der Waals surface area contributed by atoms with Gasteiger partial charge in [-0.25, -0.2) is 0 Å². The summed E-state index contributed by atoms with van der Waals surface area (Å²) in [7, 11) is 0. The second kappa shape index (κ2) is 7.22. The fourth-order valence-corrected chi connectivity index (χ4v) is 2.94. The maximum atomic E-state index is 12.0. The summed E-state index contributed by atoms with van der Waals surface area (Å²) < 4.78 is 0. The largest absolute Gasteiger partial charge is 0.352 e. The van der Waals surface area contributed by atoms with E-state index in [1.807, 2.05) is 0 Å². The Morgan fingerprint density at radius 3 is 2.65 bits per heavy atom. The molecule has 0 aromatic carbocycles. The van der Waals surface area contributed by atoms with Gasteiger partial charge in [-0.15, -0.1) is 12.4 Å². The summed E-state index contributed by atoms with van der Waals surface area (Å²) in [5.74, 6) is 1.01. The van der Waals surface area contributed by atoms with Gasteiger partial charge in [-0.3, -0.25) is 4.79 Å². The molecule has 1 aliphatic carbocycles. The number of piperidine rings is 1. The van der Waals surface area contributed by atoms with Crippen LogP contribution in [0.1, 0.15) is 51.9 Å². The van der Waals surface area contributed by atoms with Crippen LogP contribution in [0.2, 0.25) is 0 Å². The molecule has 1 amide bonds. The SMILES string of the molecule is CC1CCCC(NC(=O)[C@H]2CCCCN2)C1.Cl. The highest BCUT2D eigenvalue weighted by molar-refractivity contribution is 5.85. The molecule has 0 spiro atoms. The lowest BCUT2D eigenvalue weighted by Gasteiger charge is -2.30. The summed E-state index contributed by atoms with van der Waals surface area (Å²) in [4.78, 5) is 12.0. The lowest BCUT2D eigenvalue weighted by atomic mass is 9.87. The average molecular weight is 261 g/mol. The lowest BCUT2D eigenvalue weighted by Crippen LogP contribution is -2.50. The number of amides is 1. The third-order valence-electron chi connectivity index (χ3n) is 3.91. The van der Waals surface area contributed by atoms with Gasteiger partial charge in [0.15, 0.2) is 0 Å². The smallest absolute Gasteiger partial charge is 0.237 e. The second-order valence-corrected chi connectivity index (χ2v) is 5.48. The van der Waals surface area contributed by atoms with Gasteiger partial charge in [0.2, 0.25) is 5.91 Å². The van der Waals surface area contributed by atoms with E-state index in [9.17, 15) is 4.79 Å². The number of hydrogen-bond acceptors (Lipinski definition) is 2. The summed E-state index contributed by atoms with van der Waals surface area (Å²) in [6, 6.07) is 0.506. The molecule has 0 aromatic heterocycles. The number of hydrogen-bond donors (Lipinski definition) is 2. The van der Waals surface area contributed by atoms with Crippen molar-refractivity contribution in [2.24, 2.45) is 5.92 Å². The van der Waals surface area contributed by atoms with Crippen molar-refractivity contribution >= 4 is 18.3 Å². The molecule has 17 heavy (non-hydrogen) atoms. The van der Waals surface area contributed by atoms with Gasteiger partial charge in [-0.05, 0) is 38.1 Å². The van der Waals surface area contributed by atoms with Crippen LogP contribution in [-0.2, 0) is 4.79 Å². The summed E-state index contributed by atoms with van der Waals surface area (Å²) in [5, 5.41) is 6.53. The van der Waals surface area contributed by atoms with Crippen molar-refractivity contribution in [3.05, 3.63) is 0 Å². The first-order chi connectivity index (χ1) is 7.75. The Balaban J connectivity index is 0.00000144. The van der Waals surface area contributed by atoms with Crippen molar-refractivity contribution in [1.29, 1.82) is 0 Å². The maximum Gasteiger partial charge on any atom is 0.237 e. The van der Waals surface area contributed by atoms with Crippen LogP contribution >= 0.6 is 12.4 Å². The minimum Gasteiger partial charge on any atom is -0.352 e. The van der Waals surface area contributed by atoms with Crippen LogP contribution in [0.25, 0.3) is 0 Å². The zero-order chi connectivity index (χ0) is 11.4. The number of nitrogens with one attached hydrogen (secondary N) is 2. The molecular weight excluding hydrogens is 236 g/mol. The topological polar surface area (TPSA) is 41.1 Å². The summed E-state index contributed by atoms with van der Waals surface area (Å²) in [5.41, 5.74) is 0. The van der Waals surface area contributed by atoms with Gasteiger partial charge in [0.05, 0.1) is 6.04 Å². The third kappa shape index (κ3) is 4.47. The van der Waals surface area contributed by atoms with E-state index in [4.69, 9.17) is 0 Å². The average Bonchev–Trinajstić information content (AvgIpc) is 2.30. The molecule has 1 saturated heterocycles. The van der Waals surface area contributed by atoms with Gasteiger partial charge in [0.25, 0.3) is 0 Å². The number of halogens is 1. The maximum absolute atomic E-state index is 12.0. The molecule has 0 radical (unpaired) electrons. The van der Waals surface area contributed by atoms with E-state index in [1.54, 1.807) is 0 Å². The van der Waals surface area contributed by atoms with Gasteiger partial charge >= 0.3 is 0 Å². The molecule has 1 heterocycles. The Hall–Kier alpha value is -0.280. The van der Waals surface area contributed by atoms with Crippen LogP contribution < -0.4 is 10.6 Å². The molecule has 2 rings (SSSR count). The number of carbonyl (C=O) groups is 1. The van der Waals surface area contributed by atoms with Crippen LogP contribution in [0, 0.1) is 5.92 Å². The molecule has 0 aromatic rings. The van der Waals surface area contributed by atoms with E-state index in [2.05, 4.69) is 17.6 Å². The van der Waals surface area contributed by atoms with Gasteiger partial charge in [-0.2, -0.15) is 0 Å². The highest BCUT2D eigenvalue weighted by Crippen LogP contribution is 2.23. The third-order valence-corrected chi connectivity index (χ3v) is 3.91. The van der Waals surface area contributed by atoms with E-state index in [0.717, 1.165) is 18.9 Å². The molecule has 3 nitrogen and oxygen atoms in total. The van der Waals surface area contributed by atoms with Gasteiger partial charge in [-0.1, -0.05) is 26.2 Å². The molecule has 100 valence electrons. The first-order valence-corrected chi connectivity index (χ1v) is 6.79. The first kappa shape index (κ1) is 14.8. The van der Waals surface area contributed by atoms with Crippen LogP contribution in [0.3, 0.4) is 0 Å². The predicted molar refractivity (Wildman–Crippen MR) is 72.5 cm³/mol. The zero-order valence-electron chi connectivity index (χ0n) is 10.7. The molecule has 2 unspecified atom stereocenters. The van der Waals surface area contributed by atoms with Gasteiger partial charge in [0, 0.05) is 6.04 Å². The molecule has 2 fully saturated rings. The Labute approximate surface area is 111 Å². The molecule has 4 heteroatoms. The van der Waals surface area contributed by atoms with E-state index in [-0.39, 0.29) is 24.4 Å². The summed E-state index contributed by atoms with van der Waals surface area (Å²) in [6.07, 6.45) is 8.34. The van der Waals surface area contributed by atoms with Crippen molar-refractivity contribution in [2.45, 2.75) is 64.0 Å². The van der Waals surface area contributed by atoms with Crippen molar-refractivity contribution in [1.82, 2.24) is 10.6 Å². The monoisotopic (exact) mass is 260 g/mol. The first-order valence-electron chi connectivity index (χ1n) is 6.79. The fourth-order valence-electron chi connectivity index (χ4n) is 2.94. The highest BCUT2D eigenvalue weighted by atomic mass is 35.5. The molecule has 0 bridgehead atoms. The molecule has 2 aliphatic rings. The summed E-state index contributed by atoms with van der Waals surface area (Å²) in [6.45, 7) is 3.29. The predicted octanol–water partition coefficient (Wildman–Crippen LogP) is 2.25. The Kier molecular flexibility index (Phi) is 6.28. The van der Waals surface area contributed by atoms with E-state index in [0.29, 0.717) is 6.04 Å². The highest BCUT2D eigenvalue weighted by Gasteiger charge is 2.25. The normalized spacial score (nSPS) is 33.6. The standard InChI is InChI=1S/C13H24N2O.ClH/c1-10-5-4-6-11(9-10)15-13(16)12-7-2-3-8-14-12;/h10-12,14H,2-9H2,1H3,(H,15,16);1H/t10?,11?,12-;/m1./s1. The Morgan fingerprint density at radius 2 is 2.00 bits per heavy atom. The Morgan fingerprint density at radius 1 is 1.18 bits per heavy atom. The molecule has 3 atom stereocenters. The summed E-state index contributed by atoms with van der Waals surface area (Å²) >= 11 is 0. The lowest BCUT2D eigenvalue weighted by molar-refractivity contribution is -0.124. The van der Waals surface area contributed by atoms with Crippen molar-refractivity contribution in [2.75, 3.05) is 6.54 Å². The molecule has 1 aliphatic heterocycles. The zero-order valence-corrected chi connectivity index (χ0v) is 11.5. The van der Waals surface area contributed by atoms with Crippen LogP contribution in [0.5, 0.6) is 0 Å². The second-order valence-electron chi connectivity index (χ2n) is 5.48. The number of carbonyl (C=O) groups excluding carboxylic acids is 1. The van der Waals surface area contributed by atoms with Crippen LogP contribution in [0.4, 0.5) is 0 Å². The molecular formula is C13H25ClN2O. The van der Waals surface area contributed by atoms with E-state index >= 15 is 0 Å². The minimum absolute atomic E-state index is 0. The van der Waals surface area contributed by atoms with Gasteiger partial charge < -0.3 is 10.6 Å². The number of rotatable bonds is 2. The van der Waals surface area contributed by atoms with Crippen LogP contribution in [-0.4, -0.2) is 24.5 Å². The van der Waals surface area contributed by atoms with Gasteiger partial charge in [0.1, 0.15) is 0 Å². The van der Waals surface area contributed by atoms with Crippen molar-refractivity contribution < 1.29 is 4.79 Å². The van der Waals surface area contributed by atoms with E-state index < -0.39 is 0 Å². The van der Waals surface area contributed by atoms with Crippen molar-refractivity contribution in [3.8, 4) is 0 Å². The quantitative estimate of drug-likeness (QED) is 0.800.